The van der Waals surface area contributed by atoms with Gasteiger partial charge in [-0.3, -0.25) is 14.3 Å². The maximum Gasteiger partial charge on any atom is 0.329 e. The molecular formula is C13H19ClN2O2S. The van der Waals surface area contributed by atoms with Gasteiger partial charge in [0.1, 0.15) is 5.15 Å². The van der Waals surface area contributed by atoms with Crippen molar-refractivity contribution in [3.63, 3.8) is 0 Å². The van der Waals surface area contributed by atoms with E-state index in [2.05, 4.69) is 4.98 Å². The normalized spacial score (nSPS) is 16.1. The molecule has 1 aromatic rings. The van der Waals surface area contributed by atoms with Gasteiger partial charge in [-0.2, -0.15) is 11.8 Å². The first-order valence-electron chi connectivity index (χ1n) is 6.66. The lowest BCUT2D eigenvalue weighted by Gasteiger charge is -2.13. The van der Waals surface area contributed by atoms with Crippen LogP contribution < -0.4 is 11.2 Å². The van der Waals surface area contributed by atoms with Crippen LogP contribution in [0, 0.1) is 0 Å². The minimum atomic E-state index is -0.391. The van der Waals surface area contributed by atoms with Gasteiger partial charge >= 0.3 is 5.69 Å². The Morgan fingerprint density at radius 1 is 1.37 bits per heavy atom. The fourth-order valence-electron chi connectivity index (χ4n) is 2.70. The Balaban J connectivity index is 2.35. The highest BCUT2D eigenvalue weighted by atomic mass is 35.5. The van der Waals surface area contributed by atoms with E-state index in [1.165, 1.54) is 4.57 Å². The molecule has 0 atom stereocenters. The smallest absolute Gasteiger partial charge is 0.297 e. The summed E-state index contributed by atoms with van der Waals surface area (Å²) in [6.07, 6.45) is 7.07. The second kappa shape index (κ2) is 6.66. The van der Waals surface area contributed by atoms with Crippen molar-refractivity contribution < 1.29 is 0 Å². The Morgan fingerprint density at radius 3 is 2.68 bits per heavy atom. The van der Waals surface area contributed by atoms with Crippen molar-refractivity contribution in [1.29, 1.82) is 0 Å². The van der Waals surface area contributed by atoms with Crippen molar-refractivity contribution in [3.8, 4) is 0 Å². The second-order valence-corrected chi connectivity index (χ2v) is 6.31. The molecule has 1 aliphatic rings. The van der Waals surface area contributed by atoms with E-state index in [-0.39, 0.29) is 16.6 Å². The standard InChI is InChI=1S/C13H19ClN2O2S/c1-19-8-4-7-16-12(17)10(9-5-2-3-6-9)11(14)15-13(16)18/h9H,2-8H2,1H3,(H,15,18). The number of nitrogens with one attached hydrogen (secondary N) is 1. The van der Waals surface area contributed by atoms with Gasteiger partial charge in [0.2, 0.25) is 0 Å². The molecule has 0 spiro atoms. The molecule has 0 saturated heterocycles. The molecule has 4 nitrogen and oxygen atoms in total. The van der Waals surface area contributed by atoms with Crippen LogP contribution in [-0.2, 0) is 6.54 Å². The average molecular weight is 303 g/mol. The number of rotatable bonds is 5. The highest BCUT2D eigenvalue weighted by molar-refractivity contribution is 7.98. The Kier molecular flexibility index (Phi) is 5.16. The third-order valence-corrected chi connectivity index (χ3v) is 4.66. The van der Waals surface area contributed by atoms with Gasteiger partial charge in [-0.15, -0.1) is 0 Å². The summed E-state index contributed by atoms with van der Waals surface area (Å²) >= 11 is 7.79. The summed E-state index contributed by atoms with van der Waals surface area (Å²) in [6, 6.07) is 0. The molecule has 0 unspecified atom stereocenters. The zero-order valence-corrected chi connectivity index (χ0v) is 12.6. The van der Waals surface area contributed by atoms with E-state index in [1.807, 2.05) is 6.26 Å². The van der Waals surface area contributed by atoms with Gasteiger partial charge in [0.05, 0.1) is 5.56 Å². The molecule has 1 aliphatic carbocycles. The fraction of sp³-hybridized carbons (Fsp3) is 0.692. The van der Waals surface area contributed by atoms with E-state index in [9.17, 15) is 9.59 Å². The van der Waals surface area contributed by atoms with Crippen LogP contribution in [0.3, 0.4) is 0 Å². The summed E-state index contributed by atoms with van der Waals surface area (Å²) in [5, 5.41) is 0.239. The Bertz CT molecular complexity index is 547. The Morgan fingerprint density at radius 2 is 2.05 bits per heavy atom. The van der Waals surface area contributed by atoms with Gasteiger partial charge in [-0.05, 0) is 37.2 Å². The molecule has 0 bridgehead atoms. The van der Waals surface area contributed by atoms with Crippen LogP contribution in [0.1, 0.15) is 43.6 Å². The van der Waals surface area contributed by atoms with Gasteiger partial charge in [-0.25, -0.2) is 4.79 Å². The first-order chi connectivity index (χ1) is 9.15. The number of aromatic nitrogens is 2. The zero-order chi connectivity index (χ0) is 13.8. The van der Waals surface area contributed by atoms with E-state index in [0.29, 0.717) is 12.1 Å². The van der Waals surface area contributed by atoms with Crippen LogP contribution in [0.4, 0.5) is 0 Å². The third-order valence-electron chi connectivity index (χ3n) is 3.67. The van der Waals surface area contributed by atoms with E-state index in [0.717, 1.165) is 37.9 Å². The van der Waals surface area contributed by atoms with Crippen molar-refractivity contribution in [2.24, 2.45) is 0 Å². The van der Waals surface area contributed by atoms with E-state index < -0.39 is 5.69 Å². The van der Waals surface area contributed by atoms with Crippen LogP contribution in [-0.4, -0.2) is 21.6 Å². The number of aromatic amines is 1. The Hall–Kier alpha value is -0.680. The predicted molar refractivity (Wildman–Crippen MR) is 80.5 cm³/mol. The van der Waals surface area contributed by atoms with Crippen molar-refractivity contribution >= 4 is 23.4 Å². The molecule has 1 fully saturated rings. The van der Waals surface area contributed by atoms with E-state index >= 15 is 0 Å². The van der Waals surface area contributed by atoms with Gasteiger partial charge < -0.3 is 0 Å². The van der Waals surface area contributed by atoms with Gasteiger partial charge in [0, 0.05) is 6.54 Å². The molecule has 1 N–H and O–H groups in total. The molecule has 1 heterocycles. The van der Waals surface area contributed by atoms with Crippen LogP contribution in [0.25, 0.3) is 0 Å². The minimum absolute atomic E-state index is 0.193. The first kappa shape index (κ1) is 14.7. The molecule has 0 radical (unpaired) electrons. The monoisotopic (exact) mass is 302 g/mol. The van der Waals surface area contributed by atoms with Crippen LogP contribution >= 0.6 is 23.4 Å². The summed E-state index contributed by atoms with van der Waals surface area (Å²) in [5.41, 5.74) is 0.0301. The van der Waals surface area contributed by atoms with Crippen molar-refractivity contribution in [1.82, 2.24) is 9.55 Å². The van der Waals surface area contributed by atoms with E-state index in [1.54, 1.807) is 11.8 Å². The number of H-pyrrole nitrogens is 1. The maximum atomic E-state index is 12.4. The highest BCUT2D eigenvalue weighted by Gasteiger charge is 2.24. The van der Waals surface area contributed by atoms with Crippen LogP contribution in [0.2, 0.25) is 5.15 Å². The average Bonchev–Trinajstić information content (AvgIpc) is 2.87. The Labute approximate surface area is 121 Å². The van der Waals surface area contributed by atoms with Crippen molar-refractivity contribution in [3.05, 3.63) is 31.6 Å². The summed E-state index contributed by atoms with van der Waals surface area (Å²) < 4.78 is 1.30. The molecule has 0 aliphatic heterocycles. The van der Waals surface area contributed by atoms with E-state index in [4.69, 9.17) is 11.6 Å². The molecule has 0 amide bonds. The number of thioether (sulfide) groups is 1. The molecule has 6 heteroatoms. The topological polar surface area (TPSA) is 54.9 Å². The lowest BCUT2D eigenvalue weighted by molar-refractivity contribution is 0.593. The quantitative estimate of drug-likeness (QED) is 0.672. The lowest BCUT2D eigenvalue weighted by Crippen LogP contribution is -2.38. The van der Waals surface area contributed by atoms with Gasteiger partial charge in [-0.1, -0.05) is 24.4 Å². The molecule has 2 rings (SSSR count). The second-order valence-electron chi connectivity index (χ2n) is 4.94. The summed E-state index contributed by atoms with van der Waals surface area (Å²) in [4.78, 5) is 26.9. The number of nitrogens with zero attached hydrogens (tertiary/aromatic N) is 1. The summed E-state index contributed by atoms with van der Waals surface area (Å²) in [5.74, 6) is 1.15. The van der Waals surface area contributed by atoms with Gasteiger partial charge in [0.25, 0.3) is 5.56 Å². The number of hydrogen-bond acceptors (Lipinski definition) is 3. The van der Waals surface area contributed by atoms with Crippen molar-refractivity contribution in [2.75, 3.05) is 12.0 Å². The molecule has 0 aromatic carbocycles. The molecule has 106 valence electrons. The summed E-state index contributed by atoms with van der Waals surface area (Å²) in [6.45, 7) is 0.464. The van der Waals surface area contributed by atoms with Crippen LogP contribution in [0.5, 0.6) is 0 Å². The molecular weight excluding hydrogens is 284 g/mol. The summed E-state index contributed by atoms with van der Waals surface area (Å²) in [7, 11) is 0. The highest BCUT2D eigenvalue weighted by Crippen LogP contribution is 2.34. The molecule has 1 aromatic heterocycles. The number of halogens is 1. The zero-order valence-electron chi connectivity index (χ0n) is 11.1. The SMILES string of the molecule is CSCCCn1c(=O)[nH]c(Cl)c(C2CCCC2)c1=O. The maximum absolute atomic E-state index is 12.4. The largest absolute Gasteiger partial charge is 0.329 e. The molecule has 19 heavy (non-hydrogen) atoms. The van der Waals surface area contributed by atoms with Gasteiger partial charge in [0.15, 0.2) is 0 Å². The lowest BCUT2D eigenvalue weighted by atomic mass is 10.0. The predicted octanol–water partition coefficient (Wildman–Crippen LogP) is 2.60. The van der Waals surface area contributed by atoms with Crippen molar-refractivity contribution in [2.45, 2.75) is 44.6 Å². The first-order valence-corrected chi connectivity index (χ1v) is 8.43. The van der Waals surface area contributed by atoms with Crippen LogP contribution in [0.15, 0.2) is 9.59 Å². The minimum Gasteiger partial charge on any atom is -0.297 e. The number of hydrogen-bond donors (Lipinski definition) is 1. The third kappa shape index (κ3) is 3.26. The molecule has 1 saturated carbocycles. The fourth-order valence-corrected chi connectivity index (χ4v) is 3.43.